The number of rotatable bonds is 5. The topological polar surface area (TPSA) is 52.6 Å². The first-order valence-corrected chi connectivity index (χ1v) is 12.9. The number of carbonyl (C=O) groups is 2. The van der Waals surface area contributed by atoms with Gasteiger partial charge in [-0.05, 0) is 111 Å². The molecule has 31 heavy (non-hydrogen) atoms. The third-order valence-corrected chi connectivity index (χ3v) is 10.7. The number of hydrogen-bond donors (Lipinski definition) is 0. The van der Waals surface area contributed by atoms with Gasteiger partial charge in [0.2, 0.25) is 0 Å². The van der Waals surface area contributed by atoms with Crippen LogP contribution in [0.15, 0.2) is 0 Å². The molecule has 0 aromatic rings. The predicted octanol–water partition coefficient (Wildman–Crippen LogP) is 6.17. The van der Waals surface area contributed by atoms with E-state index in [4.69, 9.17) is 9.47 Å². The average Bonchev–Trinajstić information content (AvgIpc) is 3.09. The Balaban J connectivity index is 1.45. The first kappa shape index (κ1) is 23.1. The van der Waals surface area contributed by atoms with Gasteiger partial charge in [-0.2, -0.15) is 0 Å². The van der Waals surface area contributed by atoms with Gasteiger partial charge in [-0.1, -0.05) is 20.8 Å². The fraction of sp³-hybridized carbons (Fsp3) is 0.926. The lowest BCUT2D eigenvalue weighted by atomic mass is 9.44. The molecule has 0 radical (unpaired) electrons. The maximum Gasteiger partial charge on any atom is 0.305 e. The van der Waals surface area contributed by atoms with Crippen LogP contribution in [-0.2, 0) is 19.1 Å². The van der Waals surface area contributed by atoms with Crippen molar-refractivity contribution >= 4 is 11.9 Å². The van der Waals surface area contributed by atoms with Crippen LogP contribution < -0.4 is 0 Å². The molecule has 4 fully saturated rings. The van der Waals surface area contributed by atoms with Gasteiger partial charge in [0.05, 0.1) is 7.11 Å². The van der Waals surface area contributed by atoms with E-state index in [1.54, 1.807) is 6.92 Å². The number of esters is 2. The molecule has 4 aliphatic carbocycles. The van der Waals surface area contributed by atoms with E-state index in [0.717, 1.165) is 42.9 Å². The second kappa shape index (κ2) is 8.71. The van der Waals surface area contributed by atoms with Gasteiger partial charge in [0, 0.05) is 13.3 Å². The summed E-state index contributed by atoms with van der Waals surface area (Å²) in [6.45, 7) is 9.09. The van der Waals surface area contributed by atoms with Crippen molar-refractivity contribution in [1.29, 1.82) is 0 Å². The van der Waals surface area contributed by atoms with E-state index in [2.05, 4.69) is 20.8 Å². The average molecular weight is 433 g/mol. The van der Waals surface area contributed by atoms with Gasteiger partial charge in [0.15, 0.2) is 0 Å². The van der Waals surface area contributed by atoms with Crippen molar-refractivity contribution in [2.24, 2.45) is 46.3 Å². The SMILES string of the molecule is COC(=O)CCC(C)C1CCC2C3CCC4CC(OC(C)=O)CCC4(C)C3CCC12C. The van der Waals surface area contributed by atoms with Crippen LogP contribution in [0.4, 0.5) is 0 Å². The van der Waals surface area contributed by atoms with E-state index in [1.165, 1.54) is 52.1 Å². The van der Waals surface area contributed by atoms with Crippen LogP contribution in [0.3, 0.4) is 0 Å². The van der Waals surface area contributed by atoms with Crippen molar-refractivity contribution in [3.8, 4) is 0 Å². The van der Waals surface area contributed by atoms with Crippen molar-refractivity contribution < 1.29 is 19.1 Å². The lowest BCUT2D eigenvalue weighted by Gasteiger charge is -2.61. The van der Waals surface area contributed by atoms with Gasteiger partial charge in [0.25, 0.3) is 0 Å². The largest absolute Gasteiger partial charge is 0.469 e. The molecule has 0 saturated heterocycles. The second-order valence-electron chi connectivity index (χ2n) is 12.0. The van der Waals surface area contributed by atoms with Crippen molar-refractivity contribution in [3.63, 3.8) is 0 Å². The molecule has 0 amide bonds. The smallest absolute Gasteiger partial charge is 0.305 e. The molecule has 0 N–H and O–H groups in total. The maximum absolute atomic E-state index is 11.7. The van der Waals surface area contributed by atoms with Crippen LogP contribution >= 0.6 is 0 Å². The zero-order valence-corrected chi connectivity index (χ0v) is 20.5. The molecule has 0 aromatic heterocycles. The lowest BCUT2D eigenvalue weighted by molar-refractivity contribution is -0.160. The molecule has 0 spiro atoms. The van der Waals surface area contributed by atoms with Gasteiger partial charge in [-0.25, -0.2) is 0 Å². The zero-order valence-electron chi connectivity index (χ0n) is 20.5. The summed E-state index contributed by atoms with van der Waals surface area (Å²) in [5.74, 6) is 4.42. The number of methoxy groups -OCH3 is 1. The Morgan fingerprint density at radius 3 is 2.39 bits per heavy atom. The number of ether oxygens (including phenoxy) is 2. The molecule has 0 aromatic carbocycles. The van der Waals surface area contributed by atoms with E-state index in [1.807, 2.05) is 0 Å². The van der Waals surface area contributed by atoms with Gasteiger partial charge < -0.3 is 9.47 Å². The fourth-order valence-electron chi connectivity index (χ4n) is 9.18. The monoisotopic (exact) mass is 432 g/mol. The van der Waals surface area contributed by atoms with Crippen LogP contribution in [0.5, 0.6) is 0 Å². The first-order valence-electron chi connectivity index (χ1n) is 12.9. The summed E-state index contributed by atoms with van der Waals surface area (Å²) in [6, 6.07) is 0. The van der Waals surface area contributed by atoms with Crippen LogP contribution in [0.25, 0.3) is 0 Å². The molecule has 0 bridgehead atoms. The Hall–Kier alpha value is -1.06. The zero-order chi connectivity index (χ0) is 22.4. The maximum atomic E-state index is 11.7. The Morgan fingerprint density at radius 1 is 0.968 bits per heavy atom. The van der Waals surface area contributed by atoms with E-state index in [0.29, 0.717) is 29.1 Å². The summed E-state index contributed by atoms with van der Waals surface area (Å²) < 4.78 is 10.5. The summed E-state index contributed by atoms with van der Waals surface area (Å²) in [7, 11) is 1.50. The highest BCUT2D eigenvalue weighted by Crippen LogP contribution is 2.68. The first-order chi connectivity index (χ1) is 14.7. The predicted molar refractivity (Wildman–Crippen MR) is 121 cm³/mol. The van der Waals surface area contributed by atoms with Crippen molar-refractivity contribution in [1.82, 2.24) is 0 Å². The number of fused-ring (bicyclic) bond motifs is 5. The summed E-state index contributed by atoms with van der Waals surface area (Å²) in [5, 5.41) is 0. The van der Waals surface area contributed by atoms with E-state index >= 15 is 0 Å². The van der Waals surface area contributed by atoms with Gasteiger partial charge >= 0.3 is 11.9 Å². The molecule has 4 aliphatic rings. The molecule has 9 unspecified atom stereocenters. The van der Waals surface area contributed by atoms with Gasteiger partial charge in [0.1, 0.15) is 6.10 Å². The molecule has 9 atom stereocenters. The molecule has 4 nitrogen and oxygen atoms in total. The molecule has 4 heteroatoms. The van der Waals surface area contributed by atoms with Crippen LogP contribution in [0.2, 0.25) is 0 Å². The Morgan fingerprint density at radius 2 is 1.68 bits per heavy atom. The second-order valence-corrected chi connectivity index (χ2v) is 12.0. The summed E-state index contributed by atoms with van der Waals surface area (Å²) in [6.07, 6.45) is 13.1. The summed E-state index contributed by atoms with van der Waals surface area (Å²) in [5.41, 5.74) is 0.865. The molecular weight excluding hydrogens is 388 g/mol. The van der Waals surface area contributed by atoms with Gasteiger partial charge in [-0.3, -0.25) is 9.59 Å². The Bertz CT molecular complexity index is 689. The van der Waals surface area contributed by atoms with Crippen LogP contribution in [0.1, 0.15) is 98.3 Å². The van der Waals surface area contributed by atoms with Crippen molar-refractivity contribution in [2.45, 2.75) is 104 Å². The fourth-order valence-corrected chi connectivity index (χ4v) is 9.18. The van der Waals surface area contributed by atoms with Crippen LogP contribution in [-0.4, -0.2) is 25.2 Å². The molecule has 176 valence electrons. The standard InChI is InChI=1S/C27H44O4/c1-17(6-11-25(29)30-5)22-9-10-23-21-8-7-19-16-20(31-18(2)28)12-14-26(19,3)24(21)13-15-27(22,23)4/h17,19-24H,6-16H2,1-5H3. The highest BCUT2D eigenvalue weighted by molar-refractivity contribution is 5.69. The lowest BCUT2D eigenvalue weighted by Crippen LogP contribution is -2.54. The van der Waals surface area contributed by atoms with E-state index in [9.17, 15) is 9.59 Å². The Labute approximate surface area is 189 Å². The normalized spacial score (nSPS) is 45.1. The molecule has 4 rings (SSSR count). The van der Waals surface area contributed by atoms with Crippen LogP contribution in [0, 0.1) is 46.3 Å². The number of hydrogen-bond acceptors (Lipinski definition) is 4. The summed E-state index contributed by atoms with van der Waals surface area (Å²) in [4.78, 5) is 23.2. The van der Waals surface area contributed by atoms with Crippen molar-refractivity contribution in [3.05, 3.63) is 0 Å². The molecular formula is C27H44O4. The Kier molecular flexibility index (Phi) is 6.49. The highest BCUT2D eigenvalue weighted by atomic mass is 16.5. The van der Waals surface area contributed by atoms with E-state index < -0.39 is 0 Å². The minimum atomic E-state index is -0.117. The van der Waals surface area contributed by atoms with Crippen molar-refractivity contribution in [2.75, 3.05) is 7.11 Å². The molecule has 4 saturated carbocycles. The molecule has 0 heterocycles. The highest BCUT2D eigenvalue weighted by Gasteiger charge is 2.60. The van der Waals surface area contributed by atoms with E-state index in [-0.39, 0.29) is 18.0 Å². The molecule has 0 aliphatic heterocycles. The summed E-state index contributed by atoms with van der Waals surface area (Å²) >= 11 is 0. The third kappa shape index (κ3) is 4.06. The minimum absolute atomic E-state index is 0.0640. The minimum Gasteiger partial charge on any atom is -0.469 e. The van der Waals surface area contributed by atoms with Gasteiger partial charge in [-0.15, -0.1) is 0 Å². The number of carbonyl (C=O) groups excluding carboxylic acids is 2. The quantitative estimate of drug-likeness (QED) is 0.488. The third-order valence-electron chi connectivity index (χ3n) is 10.7.